The third-order valence-electron chi connectivity index (χ3n) is 3.88. The number of nitrogens with zero attached hydrogens (tertiary/aromatic N) is 2. The van der Waals surface area contributed by atoms with Crippen molar-refractivity contribution in [3.8, 4) is 11.6 Å². The van der Waals surface area contributed by atoms with Gasteiger partial charge in [-0.25, -0.2) is 4.98 Å². The van der Waals surface area contributed by atoms with Gasteiger partial charge >= 0.3 is 0 Å². The van der Waals surface area contributed by atoms with Crippen molar-refractivity contribution >= 4 is 5.91 Å². The highest BCUT2D eigenvalue weighted by Gasteiger charge is 2.22. The molecule has 1 aromatic carbocycles. The summed E-state index contributed by atoms with van der Waals surface area (Å²) < 4.78 is 10.5. The topological polar surface area (TPSA) is 51.7 Å². The van der Waals surface area contributed by atoms with Crippen LogP contribution in [-0.2, 0) is 6.42 Å². The van der Waals surface area contributed by atoms with Crippen LogP contribution in [0.15, 0.2) is 42.6 Å². The number of para-hydroxylation sites is 1. The van der Waals surface area contributed by atoms with Crippen LogP contribution >= 0.6 is 0 Å². The fraction of sp³-hybridized carbons (Fsp3) is 0.333. The van der Waals surface area contributed by atoms with Crippen LogP contribution in [0.1, 0.15) is 22.8 Å². The van der Waals surface area contributed by atoms with Gasteiger partial charge in [0.25, 0.3) is 5.91 Å². The Morgan fingerprint density at radius 2 is 1.91 bits per heavy atom. The summed E-state index contributed by atoms with van der Waals surface area (Å²) in [5.41, 5.74) is 1.53. The number of amides is 1. The van der Waals surface area contributed by atoms with Gasteiger partial charge in [0.05, 0.1) is 14.2 Å². The molecule has 0 spiro atoms. The zero-order valence-corrected chi connectivity index (χ0v) is 13.9. The zero-order chi connectivity index (χ0) is 16.8. The molecule has 0 saturated heterocycles. The summed E-state index contributed by atoms with van der Waals surface area (Å²) in [5.74, 6) is 1.06. The summed E-state index contributed by atoms with van der Waals surface area (Å²) in [5, 5.41) is 0. The van der Waals surface area contributed by atoms with Crippen molar-refractivity contribution in [2.45, 2.75) is 19.4 Å². The number of pyridine rings is 1. The first-order chi connectivity index (χ1) is 11.1. The Kier molecular flexibility index (Phi) is 5.57. The molecule has 122 valence electrons. The predicted molar refractivity (Wildman–Crippen MR) is 89.0 cm³/mol. The summed E-state index contributed by atoms with van der Waals surface area (Å²) in [6.45, 7) is 2.01. The number of likely N-dealkylation sites (N-methyl/N-ethyl adjacent to an activating group) is 1. The van der Waals surface area contributed by atoms with Crippen LogP contribution in [0.3, 0.4) is 0 Å². The Morgan fingerprint density at radius 1 is 1.17 bits per heavy atom. The number of carbonyl (C=O) groups excluding carboxylic acids is 1. The maximum atomic E-state index is 12.7. The Bertz CT molecular complexity index is 673. The van der Waals surface area contributed by atoms with Gasteiger partial charge in [-0.1, -0.05) is 18.2 Å². The number of methoxy groups -OCH3 is 2. The summed E-state index contributed by atoms with van der Waals surface area (Å²) in [4.78, 5) is 18.5. The molecule has 0 aliphatic heterocycles. The molecule has 0 aliphatic rings. The molecule has 1 unspecified atom stereocenters. The van der Waals surface area contributed by atoms with E-state index >= 15 is 0 Å². The molecule has 1 amide bonds. The first kappa shape index (κ1) is 16.8. The lowest BCUT2D eigenvalue weighted by Gasteiger charge is -2.26. The van der Waals surface area contributed by atoms with Gasteiger partial charge in [0.2, 0.25) is 5.88 Å². The van der Waals surface area contributed by atoms with Crippen molar-refractivity contribution in [1.82, 2.24) is 9.88 Å². The number of ether oxygens (including phenoxy) is 2. The molecule has 1 atom stereocenters. The standard InChI is InChI=1S/C18H22N2O3/c1-13(12-14-8-5-6-10-16(14)22-3)20(2)18(21)15-9-7-11-19-17(15)23-4/h5-11,13H,12H2,1-4H3. The molecular weight excluding hydrogens is 292 g/mol. The van der Waals surface area contributed by atoms with Gasteiger partial charge < -0.3 is 14.4 Å². The smallest absolute Gasteiger partial charge is 0.259 e. The molecule has 0 aliphatic carbocycles. The molecule has 0 saturated carbocycles. The van der Waals surface area contributed by atoms with E-state index in [1.807, 2.05) is 31.2 Å². The highest BCUT2D eigenvalue weighted by Crippen LogP contribution is 2.22. The third-order valence-corrected chi connectivity index (χ3v) is 3.88. The molecule has 1 heterocycles. The summed E-state index contributed by atoms with van der Waals surface area (Å²) in [6.07, 6.45) is 2.31. The normalized spacial score (nSPS) is 11.7. The van der Waals surface area contributed by atoms with Crippen molar-refractivity contribution in [2.75, 3.05) is 21.3 Å². The second kappa shape index (κ2) is 7.63. The second-order valence-electron chi connectivity index (χ2n) is 5.34. The molecule has 23 heavy (non-hydrogen) atoms. The lowest BCUT2D eigenvalue weighted by molar-refractivity contribution is 0.0738. The van der Waals surface area contributed by atoms with E-state index in [-0.39, 0.29) is 11.9 Å². The lowest BCUT2D eigenvalue weighted by atomic mass is 10.0. The highest BCUT2D eigenvalue weighted by atomic mass is 16.5. The number of carbonyl (C=O) groups is 1. The monoisotopic (exact) mass is 314 g/mol. The SMILES string of the molecule is COc1ccccc1CC(C)N(C)C(=O)c1cccnc1OC. The van der Waals surface area contributed by atoms with Crippen LogP contribution < -0.4 is 9.47 Å². The lowest BCUT2D eigenvalue weighted by Crippen LogP contribution is -2.36. The first-order valence-corrected chi connectivity index (χ1v) is 7.46. The molecule has 5 heteroatoms. The van der Waals surface area contributed by atoms with Gasteiger partial charge in [0, 0.05) is 19.3 Å². The Labute approximate surface area is 136 Å². The Morgan fingerprint density at radius 3 is 2.61 bits per heavy atom. The minimum absolute atomic E-state index is 0.00344. The minimum atomic E-state index is -0.114. The molecule has 1 aromatic heterocycles. The van der Waals surface area contributed by atoms with E-state index in [1.54, 1.807) is 37.4 Å². The summed E-state index contributed by atoms with van der Waals surface area (Å²) >= 11 is 0. The highest BCUT2D eigenvalue weighted by molar-refractivity contribution is 5.96. The Balaban J connectivity index is 2.16. The molecule has 5 nitrogen and oxygen atoms in total. The largest absolute Gasteiger partial charge is 0.496 e. The van der Waals surface area contributed by atoms with Gasteiger partial charge in [0.15, 0.2) is 0 Å². The number of rotatable bonds is 6. The third kappa shape index (κ3) is 3.80. The van der Waals surface area contributed by atoms with E-state index in [9.17, 15) is 4.79 Å². The van der Waals surface area contributed by atoms with Crippen LogP contribution in [0.5, 0.6) is 11.6 Å². The molecule has 0 radical (unpaired) electrons. The van der Waals surface area contributed by atoms with Crippen LogP contribution in [0.4, 0.5) is 0 Å². The molecule has 2 aromatic rings. The quantitative estimate of drug-likeness (QED) is 0.823. The fourth-order valence-corrected chi connectivity index (χ4v) is 2.43. The van der Waals surface area contributed by atoms with Gasteiger partial charge in [0.1, 0.15) is 11.3 Å². The number of benzene rings is 1. The van der Waals surface area contributed by atoms with E-state index < -0.39 is 0 Å². The van der Waals surface area contributed by atoms with Crippen molar-refractivity contribution in [3.63, 3.8) is 0 Å². The van der Waals surface area contributed by atoms with Crippen LogP contribution in [0.25, 0.3) is 0 Å². The zero-order valence-electron chi connectivity index (χ0n) is 13.9. The van der Waals surface area contributed by atoms with Crippen molar-refractivity contribution in [1.29, 1.82) is 0 Å². The van der Waals surface area contributed by atoms with Crippen LogP contribution in [-0.4, -0.2) is 43.1 Å². The average molecular weight is 314 g/mol. The molecule has 2 rings (SSSR count). The number of aromatic nitrogens is 1. The van der Waals surface area contributed by atoms with Gasteiger partial charge in [-0.3, -0.25) is 4.79 Å². The van der Waals surface area contributed by atoms with E-state index in [0.717, 1.165) is 11.3 Å². The minimum Gasteiger partial charge on any atom is -0.496 e. The molecule has 0 fully saturated rings. The fourth-order valence-electron chi connectivity index (χ4n) is 2.43. The predicted octanol–water partition coefficient (Wildman–Crippen LogP) is 2.80. The molecule has 0 bridgehead atoms. The first-order valence-electron chi connectivity index (χ1n) is 7.46. The van der Waals surface area contributed by atoms with Gasteiger partial charge in [-0.05, 0) is 37.1 Å². The maximum absolute atomic E-state index is 12.7. The van der Waals surface area contributed by atoms with Crippen molar-refractivity contribution in [3.05, 3.63) is 53.7 Å². The number of hydrogen-bond donors (Lipinski definition) is 0. The Hall–Kier alpha value is -2.56. The van der Waals surface area contributed by atoms with Crippen LogP contribution in [0.2, 0.25) is 0 Å². The average Bonchev–Trinajstić information content (AvgIpc) is 2.60. The van der Waals surface area contributed by atoms with Gasteiger partial charge in [-0.15, -0.1) is 0 Å². The van der Waals surface area contributed by atoms with Crippen molar-refractivity contribution in [2.24, 2.45) is 0 Å². The number of hydrogen-bond acceptors (Lipinski definition) is 4. The summed E-state index contributed by atoms with van der Waals surface area (Å²) in [6, 6.07) is 11.3. The van der Waals surface area contributed by atoms with E-state index in [0.29, 0.717) is 17.9 Å². The second-order valence-corrected chi connectivity index (χ2v) is 5.34. The maximum Gasteiger partial charge on any atom is 0.259 e. The van der Waals surface area contributed by atoms with E-state index in [4.69, 9.17) is 9.47 Å². The molecular formula is C18H22N2O3. The van der Waals surface area contributed by atoms with Crippen molar-refractivity contribution < 1.29 is 14.3 Å². The van der Waals surface area contributed by atoms with Crippen LogP contribution in [0, 0.1) is 0 Å². The molecule has 0 N–H and O–H groups in total. The van der Waals surface area contributed by atoms with Gasteiger partial charge in [-0.2, -0.15) is 0 Å². The van der Waals surface area contributed by atoms with E-state index in [1.165, 1.54) is 7.11 Å². The summed E-state index contributed by atoms with van der Waals surface area (Å²) in [7, 11) is 4.95. The van der Waals surface area contributed by atoms with E-state index in [2.05, 4.69) is 4.98 Å².